The van der Waals surface area contributed by atoms with E-state index < -0.39 is 12.5 Å². The standard InChI is InChI=1S/C24H24ClFN6O2/c1-30-23(33)22-17(10-28-30)20(5-4-18(22)25)34-16-8-24(9-16)12-31(13-24)6-2-3-15-7-21-29-27-14-32(21)11-19(15)26/h4-5,7,10-11,14,16H,2-3,6,8-9,12-13H2,1H3/i1D3. The van der Waals surface area contributed by atoms with Crippen molar-refractivity contribution in [3.05, 3.63) is 63.7 Å². The van der Waals surface area contributed by atoms with E-state index in [0.29, 0.717) is 33.4 Å². The predicted octanol–water partition coefficient (Wildman–Crippen LogP) is 3.24. The Hall–Kier alpha value is -3.04. The van der Waals surface area contributed by atoms with Gasteiger partial charge in [0.1, 0.15) is 17.9 Å². The third-order valence-corrected chi connectivity index (χ3v) is 7.29. The maximum Gasteiger partial charge on any atom is 0.276 e. The molecule has 34 heavy (non-hydrogen) atoms. The molecule has 1 saturated carbocycles. The molecule has 1 spiro atoms. The van der Waals surface area contributed by atoms with E-state index in [-0.39, 0.29) is 27.7 Å². The fraction of sp³-hybridized carbons (Fsp3) is 0.417. The van der Waals surface area contributed by atoms with Crippen LogP contribution in [-0.4, -0.2) is 55.0 Å². The summed E-state index contributed by atoms with van der Waals surface area (Å²) in [5.41, 5.74) is 0.759. The minimum atomic E-state index is -2.69. The number of fused-ring (bicyclic) bond motifs is 2. The summed E-state index contributed by atoms with van der Waals surface area (Å²) in [6.07, 6.45) is 7.52. The first-order valence-electron chi connectivity index (χ1n) is 12.7. The summed E-state index contributed by atoms with van der Waals surface area (Å²) in [4.78, 5) is 15.1. The topological polar surface area (TPSA) is 77.6 Å². The Labute approximate surface area is 204 Å². The van der Waals surface area contributed by atoms with E-state index in [1.54, 1.807) is 22.6 Å². The van der Waals surface area contributed by atoms with Gasteiger partial charge in [-0.3, -0.25) is 9.20 Å². The van der Waals surface area contributed by atoms with Crippen molar-refractivity contribution in [2.24, 2.45) is 12.4 Å². The van der Waals surface area contributed by atoms with Gasteiger partial charge in [-0.2, -0.15) is 5.10 Å². The first kappa shape index (κ1) is 18.3. The van der Waals surface area contributed by atoms with Gasteiger partial charge in [-0.05, 0) is 56.0 Å². The van der Waals surface area contributed by atoms with E-state index in [2.05, 4.69) is 20.2 Å². The van der Waals surface area contributed by atoms with E-state index in [1.165, 1.54) is 18.7 Å². The van der Waals surface area contributed by atoms with Gasteiger partial charge in [-0.1, -0.05) is 11.6 Å². The predicted molar refractivity (Wildman–Crippen MR) is 126 cm³/mol. The zero-order valence-corrected chi connectivity index (χ0v) is 19.0. The number of rotatable bonds is 6. The molecule has 2 fully saturated rings. The van der Waals surface area contributed by atoms with Gasteiger partial charge in [0.25, 0.3) is 5.56 Å². The van der Waals surface area contributed by atoms with Gasteiger partial charge in [0.15, 0.2) is 5.65 Å². The maximum absolute atomic E-state index is 14.3. The van der Waals surface area contributed by atoms with Gasteiger partial charge in [-0.15, -0.1) is 10.2 Å². The third-order valence-electron chi connectivity index (χ3n) is 6.98. The van der Waals surface area contributed by atoms with E-state index in [1.807, 2.05) is 0 Å². The largest absolute Gasteiger partial charge is 0.490 e. The van der Waals surface area contributed by atoms with Crippen LogP contribution in [0.3, 0.4) is 0 Å². The lowest BCUT2D eigenvalue weighted by Gasteiger charge is -2.58. The Balaban J connectivity index is 1.03. The van der Waals surface area contributed by atoms with Crippen molar-refractivity contribution in [3.63, 3.8) is 0 Å². The van der Waals surface area contributed by atoms with Gasteiger partial charge in [0.2, 0.25) is 0 Å². The second kappa shape index (κ2) is 8.02. The van der Waals surface area contributed by atoms with Gasteiger partial charge in [0.05, 0.1) is 28.1 Å². The van der Waals surface area contributed by atoms with E-state index >= 15 is 0 Å². The van der Waals surface area contributed by atoms with Crippen LogP contribution < -0.4 is 10.3 Å². The summed E-state index contributed by atoms with van der Waals surface area (Å²) < 4.78 is 45.0. The van der Waals surface area contributed by atoms with Crippen LogP contribution in [0.4, 0.5) is 4.39 Å². The summed E-state index contributed by atoms with van der Waals surface area (Å²) in [5.74, 6) is 0.234. The van der Waals surface area contributed by atoms with E-state index in [4.69, 9.17) is 20.5 Å². The van der Waals surface area contributed by atoms with E-state index in [0.717, 1.165) is 38.9 Å². The summed E-state index contributed by atoms with van der Waals surface area (Å²) in [7, 11) is 0. The second-order valence-corrected chi connectivity index (χ2v) is 9.81. The molecule has 0 radical (unpaired) electrons. The Bertz CT molecular complexity index is 1560. The van der Waals surface area contributed by atoms with Crippen LogP contribution in [0.1, 0.15) is 28.9 Å². The molecule has 1 aromatic carbocycles. The number of ether oxygens (including phenoxy) is 1. The molecule has 8 nitrogen and oxygen atoms in total. The lowest BCUT2D eigenvalue weighted by molar-refractivity contribution is -0.118. The Morgan fingerprint density at radius 2 is 2.21 bits per heavy atom. The molecule has 0 bridgehead atoms. The fourth-order valence-electron chi connectivity index (χ4n) is 5.35. The van der Waals surface area contributed by atoms with Crippen LogP contribution in [0.5, 0.6) is 5.75 Å². The van der Waals surface area contributed by atoms with Crippen LogP contribution in [0, 0.1) is 11.2 Å². The first-order valence-corrected chi connectivity index (χ1v) is 11.6. The molecule has 2 aliphatic rings. The van der Waals surface area contributed by atoms with Crippen LogP contribution in [0.25, 0.3) is 16.4 Å². The molecule has 4 heterocycles. The zero-order chi connectivity index (χ0) is 25.9. The van der Waals surface area contributed by atoms with E-state index in [9.17, 15) is 9.18 Å². The second-order valence-electron chi connectivity index (χ2n) is 9.40. The third kappa shape index (κ3) is 3.63. The highest BCUT2D eigenvalue weighted by Gasteiger charge is 2.53. The molecule has 0 unspecified atom stereocenters. The normalized spacial score (nSPS) is 19.5. The zero-order valence-electron chi connectivity index (χ0n) is 21.2. The van der Waals surface area contributed by atoms with Crippen LogP contribution in [0.2, 0.25) is 5.02 Å². The molecule has 0 amide bonds. The minimum Gasteiger partial charge on any atom is -0.490 e. The van der Waals surface area contributed by atoms with Gasteiger partial charge in [0, 0.05) is 35.8 Å². The highest BCUT2D eigenvalue weighted by Crippen LogP contribution is 2.50. The van der Waals surface area contributed by atoms with Crippen molar-refractivity contribution in [2.75, 3.05) is 19.6 Å². The number of hydrogen-bond acceptors (Lipinski definition) is 6. The molecule has 176 valence electrons. The summed E-state index contributed by atoms with van der Waals surface area (Å²) in [6, 6.07) is 5.00. The molecule has 1 aliphatic carbocycles. The Kier molecular flexibility index (Phi) is 4.32. The van der Waals surface area contributed by atoms with Crippen molar-refractivity contribution in [2.45, 2.75) is 31.8 Å². The number of aryl methyl sites for hydroxylation is 2. The maximum atomic E-state index is 14.3. The number of likely N-dealkylation sites (tertiary alicyclic amines) is 1. The van der Waals surface area contributed by atoms with Gasteiger partial charge >= 0.3 is 0 Å². The molecule has 1 saturated heterocycles. The number of pyridine rings is 1. The van der Waals surface area contributed by atoms with Crippen molar-refractivity contribution in [1.82, 2.24) is 29.3 Å². The number of halogens is 2. The average molecular weight is 486 g/mol. The van der Waals surface area contributed by atoms with Gasteiger partial charge in [-0.25, -0.2) is 9.07 Å². The smallest absolute Gasteiger partial charge is 0.276 e. The molecular weight excluding hydrogens is 459 g/mol. The molecule has 0 N–H and O–H groups in total. The van der Waals surface area contributed by atoms with Crippen molar-refractivity contribution >= 4 is 28.0 Å². The van der Waals surface area contributed by atoms with Crippen LogP contribution in [-0.2, 0) is 13.4 Å². The summed E-state index contributed by atoms with van der Waals surface area (Å²) >= 11 is 6.23. The van der Waals surface area contributed by atoms with Crippen LogP contribution >= 0.6 is 11.6 Å². The lowest BCUT2D eigenvalue weighted by atomic mass is 9.61. The Morgan fingerprint density at radius 1 is 1.35 bits per heavy atom. The highest BCUT2D eigenvalue weighted by molar-refractivity contribution is 6.35. The molecule has 6 rings (SSSR count). The SMILES string of the molecule is [2H]C([2H])([2H])n1ncc2c(OC3CC4(C3)CN(CCCc3cc5nncn5cc3F)C4)ccc(Cl)c2c1=O. The lowest BCUT2D eigenvalue weighted by Crippen LogP contribution is -2.64. The summed E-state index contributed by atoms with van der Waals surface area (Å²) in [6.45, 7) is 0.157. The molecular formula is C24H24ClFN6O2. The van der Waals surface area contributed by atoms with Crippen molar-refractivity contribution < 1.29 is 13.2 Å². The van der Waals surface area contributed by atoms with Crippen molar-refractivity contribution in [1.29, 1.82) is 0 Å². The number of benzene rings is 1. The van der Waals surface area contributed by atoms with Crippen LogP contribution in [0.15, 0.2) is 41.7 Å². The summed E-state index contributed by atoms with van der Waals surface area (Å²) in [5, 5.41) is 12.3. The quantitative estimate of drug-likeness (QED) is 0.417. The monoisotopic (exact) mass is 485 g/mol. The fourth-order valence-corrected chi connectivity index (χ4v) is 5.60. The Morgan fingerprint density at radius 3 is 3.03 bits per heavy atom. The number of nitrogens with zero attached hydrogens (tertiary/aromatic N) is 6. The molecule has 10 heteroatoms. The number of aromatic nitrogens is 5. The van der Waals surface area contributed by atoms with Crippen molar-refractivity contribution in [3.8, 4) is 5.75 Å². The molecule has 4 aromatic rings. The van der Waals surface area contributed by atoms with Gasteiger partial charge < -0.3 is 9.64 Å². The molecule has 0 atom stereocenters. The molecule has 3 aromatic heterocycles. The molecule has 1 aliphatic heterocycles. The average Bonchev–Trinajstić information content (AvgIpc) is 3.23. The number of hydrogen-bond donors (Lipinski definition) is 0. The highest BCUT2D eigenvalue weighted by atomic mass is 35.5. The minimum absolute atomic E-state index is 0.000511. The first-order chi connectivity index (χ1) is 17.6.